The van der Waals surface area contributed by atoms with Gasteiger partial charge in [-0.2, -0.15) is 0 Å². The van der Waals surface area contributed by atoms with Crippen LogP contribution in [0.25, 0.3) is 0 Å². The molecule has 3 heteroatoms. The Balaban J connectivity index is 2.25. The van der Waals surface area contributed by atoms with Crippen LogP contribution in [0.5, 0.6) is 0 Å². The summed E-state index contributed by atoms with van der Waals surface area (Å²) in [6.45, 7) is 6.86. The molecule has 1 aliphatic heterocycles. The Labute approximate surface area is 68.9 Å². The third-order valence-corrected chi connectivity index (χ3v) is 2.52. The average molecular weight is 157 g/mol. The summed E-state index contributed by atoms with van der Waals surface area (Å²) in [5, 5.41) is 3.06. The van der Waals surface area contributed by atoms with Gasteiger partial charge in [-0.25, -0.2) is 0 Å². The molecule has 0 amide bonds. The molecule has 0 aromatic heterocycles. The summed E-state index contributed by atoms with van der Waals surface area (Å²) in [5.41, 5.74) is 5.82. The molecule has 1 aliphatic rings. The molecule has 0 saturated carbocycles. The average Bonchev–Trinajstić information content (AvgIpc) is 1.96. The summed E-state index contributed by atoms with van der Waals surface area (Å²) in [6.07, 6.45) is 0.113. The van der Waals surface area contributed by atoms with E-state index in [-0.39, 0.29) is 6.17 Å². The van der Waals surface area contributed by atoms with Gasteiger partial charge in [-0.15, -0.1) is 0 Å². The van der Waals surface area contributed by atoms with E-state index in [0.29, 0.717) is 6.04 Å². The Morgan fingerprint density at radius 1 is 1.55 bits per heavy atom. The van der Waals surface area contributed by atoms with Crippen LogP contribution in [0, 0.1) is 5.92 Å². The number of hydrogen-bond acceptors (Lipinski definition) is 3. The van der Waals surface area contributed by atoms with Gasteiger partial charge < -0.3 is 11.1 Å². The van der Waals surface area contributed by atoms with Crippen molar-refractivity contribution < 1.29 is 0 Å². The summed E-state index contributed by atoms with van der Waals surface area (Å²) in [6, 6.07) is 0.469. The quantitative estimate of drug-likeness (QED) is 0.559. The SMILES string of the molecule is CN[C@@H](N)C(C)N1CC(C)C1. The molecule has 1 unspecified atom stereocenters. The smallest absolute Gasteiger partial charge is 0.0701 e. The van der Waals surface area contributed by atoms with Crippen molar-refractivity contribution in [2.75, 3.05) is 20.1 Å². The number of likely N-dealkylation sites (N-methyl/N-ethyl adjacent to an activating group) is 1. The fraction of sp³-hybridized carbons (Fsp3) is 1.00. The second kappa shape index (κ2) is 3.52. The van der Waals surface area contributed by atoms with Gasteiger partial charge in [0.05, 0.1) is 6.17 Å². The zero-order valence-corrected chi connectivity index (χ0v) is 7.67. The molecule has 0 radical (unpaired) electrons. The number of likely N-dealkylation sites (tertiary alicyclic amines) is 1. The van der Waals surface area contributed by atoms with Crippen molar-refractivity contribution >= 4 is 0 Å². The lowest BCUT2D eigenvalue weighted by Crippen LogP contribution is -2.59. The van der Waals surface area contributed by atoms with Gasteiger partial charge in [0.15, 0.2) is 0 Å². The summed E-state index contributed by atoms with van der Waals surface area (Å²) in [7, 11) is 1.91. The Morgan fingerprint density at radius 2 is 2.09 bits per heavy atom. The molecule has 0 aromatic carbocycles. The maximum atomic E-state index is 5.82. The standard InChI is InChI=1S/C8H19N3/c1-6-4-11(5-6)7(2)8(9)10-3/h6-8,10H,4-5,9H2,1-3H3/t7?,8-/m1/s1. The normalized spacial score (nSPS) is 26.2. The third kappa shape index (κ3) is 1.92. The monoisotopic (exact) mass is 157 g/mol. The molecule has 1 fully saturated rings. The van der Waals surface area contributed by atoms with Gasteiger partial charge >= 0.3 is 0 Å². The van der Waals surface area contributed by atoms with Crippen LogP contribution < -0.4 is 11.1 Å². The van der Waals surface area contributed by atoms with Crippen molar-refractivity contribution in [3.63, 3.8) is 0 Å². The van der Waals surface area contributed by atoms with Crippen LogP contribution in [0.4, 0.5) is 0 Å². The molecule has 3 N–H and O–H groups in total. The minimum Gasteiger partial charge on any atom is -0.315 e. The van der Waals surface area contributed by atoms with E-state index < -0.39 is 0 Å². The van der Waals surface area contributed by atoms with E-state index in [1.54, 1.807) is 0 Å². The molecule has 1 heterocycles. The van der Waals surface area contributed by atoms with Gasteiger partial charge in [0.2, 0.25) is 0 Å². The molecule has 3 nitrogen and oxygen atoms in total. The number of rotatable bonds is 3. The summed E-state index contributed by atoms with van der Waals surface area (Å²) >= 11 is 0. The minimum atomic E-state index is 0.113. The first-order valence-electron chi connectivity index (χ1n) is 4.32. The Hall–Kier alpha value is -0.120. The van der Waals surface area contributed by atoms with Crippen molar-refractivity contribution in [2.24, 2.45) is 11.7 Å². The Morgan fingerprint density at radius 3 is 2.45 bits per heavy atom. The number of nitrogens with zero attached hydrogens (tertiary/aromatic N) is 1. The molecular formula is C8H19N3. The number of nitrogens with one attached hydrogen (secondary N) is 1. The van der Waals surface area contributed by atoms with Crippen LogP contribution >= 0.6 is 0 Å². The second-order valence-electron chi connectivity index (χ2n) is 3.61. The van der Waals surface area contributed by atoms with Crippen LogP contribution in [-0.4, -0.2) is 37.2 Å². The molecule has 0 aliphatic carbocycles. The first-order chi connectivity index (χ1) is 5.15. The number of nitrogens with two attached hydrogens (primary N) is 1. The van der Waals surface area contributed by atoms with Gasteiger partial charge in [-0.05, 0) is 19.9 Å². The summed E-state index contributed by atoms with van der Waals surface area (Å²) < 4.78 is 0. The first-order valence-corrected chi connectivity index (χ1v) is 4.32. The van der Waals surface area contributed by atoms with Crippen molar-refractivity contribution in [1.29, 1.82) is 0 Å². The fourth-order valence-electron chi connectivity index (χ4n) is 1.55. The van der Waals surface area contributed by atoms with Crippen LogP contribution in [-0.2, 0) is 0 Å². The van der Waals surface area contributed by atoms with Crippen molar-refractivity contribution in [1.82, 2.24) is 10.2 Å². The lowest BCUT2D eigenvalue weighted by molar-refractivity contribution is 0.0539. The van der Waals surface area contributed by atoms with Crippen LogP contribution in [0.15, 0.2) is 0 Å². The largest absolute Gasteiger partial charge is 0.315 e. The van der Waals surface area contributed by atoms with Crippen molar-refractivity contribution in [2.45, 2.75) is 26.1 Å². The first kappa shape index (κ1) is 8.97. The van der Waals surface area contributed by atoms with Crippen molar-refractivity contribution in [3.05, 3.63) is 0 Å². The van der Waals surface area contributed by atoms with E-state index in [1.807, 2.05) is 7.05 Å². The van der Waals surface area contributed by atoms with E-state index in [0.717, 1.165) is 5.92 Å². The predicted molar refractivity (Wildman–Crippen MR) is 47.2 cm³/mol. The van der Waals surface area contributed by atoms with Crippen LogP contribution in [0.1, 0.15) is 13.8 Å². The molecule has 1 rings (SSSR count). The molecule has 11 heavy (non-hydrogen) atoms. The Bertz CT molecular complexity index is 121. The molecule has 0 bridgehead atoms. The fourth-order valence-corrected chi connectivity index (χ4v) is 1.55. The molecule has 2 atom stereocenters. The third-order valence-electron chi connectivity index (χ3n) is 2.52. The molecule has 0 spiro atoms. The van der Waals surface area contributed by atoms with E-state index in [1.165, 1.54) is 13.1 Å². The van der Waals surface area contributed by atoms with E-state index in [9.17, 15) is 0 Å². The highest BCUT2D eigenvalue weighted by molar-refractivity contribution is 4.84. The van der Waals surface area contributed by atoms with Crippen molar-refractivity contribution in [3.8, 4) is 0 Å². The number of hydrogen-bond donors (Lipinski definition) is 2. The lowest BCUT2D eigenvalue weighted by Gasteiger charge is -2.43. The molecule has 66 valence electrons. The molecule has 0 aromatic rings. The second-order valence-corrected chi connectivity index (χ2v) is 3.61. The predicted octanol–water partition coefficient (Wildman–Crippen LogP) is -0.169. The maximum absolute atomic E-state index is 5.82. The van der Waals surface area contributed by atoms with E-state index in [2.05, 4.69) is 24.1 Å². The van der Waals surface area contributed by atoms with Gasteiger partial charge in [0.25, 0.3) is 0 Å². The Kier molecular flexibility index (Phi) is 2.87. The maximum Gasteiger partial charge on any atom is 0.0701 e. The minimum absolute atomic E-state index is 0.113. The lowest BCUT2D eigenvalue weighted by atomic mass is 9.99. The van der Waals surface area contributed by atoms with E-state index >= 15 is 0 Å². The topological polar surface area (TPSA) is 41.3 Å². The molecular weight excluding hydrogens is 138 g/mol. The van der Waals surface area contributed by atoms with Gasteiger partial charge in [-0.1, -0.05) is 6.92 Å². The van der Waals surface area contributed by atoms with Crippen LogP contribution in [0.2, 0.25) is 0 Å². The zero-order valence-electron chi connectivity index (χ0n) is 7.67. The van der Waals surface area contributed by atoms with E-state index in [4.69, 9.17) is 5.73 Å². The van der Waals surface area contributed by atoms with Gasteiger partial charge in [-0.3, -0.25) is 4.90 Å². The van der Waals surface area contributed by atoms with Gasteiger partial charge in [0.1, 0.15) is 0 Å². The molecule has 1 saturated heterocycles. The van der Waals surface area contributed by atoms with Gasteiger partial charge in [0, 0.05) is 19.1 Å². The summed E-state index contributed by atoms with van der Waals surface area (Å²) in [5.74, 6) is 0.863. The summed E-state index contributed by atoms with van der Waals surface area (Å²) in [4.78, 5) is 2.41. The highest BCUT2D eigenvalue weighted by atomic mass is 15.3. The zero-order chi connectivity index (χ0) is 8.43. The highest BCUT2D eigenvalue weighted by Crippen LogP contribution is 2.17. The highest BCUT2D eigenvalue weighted by Gasteiger charge is 2.29. The van der Waals surface area contributed by atoms with Crippen LogP contribution in [0.3, 0.4) is 0 Å².